The zero-order valence-corrected chi connectivity index (χ0v) is 14.4. The van der Waals surface area contributed by atoms with Crippen LogP contribution < -0.4 is 10.6 Å². The van der Waals surface area contributed by atoms with E-state index in [2.05, 4.69) is 20.6 Å². The van der Waals surface area contributed by atoms with Crippen LogP contribution in [0.25, 0.3) is 0 Å². The number of nitro benzene ring substituents is 1. The van der Waals surface area contributed by atoms with E-state index in [-0.39, 0.29) is 17.3 Å². The number of benzene rings is 2. The topological polar surface area (TPSA) is 117 Å². The van der Waals surface area contributed by atoms with E-state index < -0.39 is 22.5 Å². The van der Waals surface area contributed by atoms with E-state index in [1.54, 1.807) is 12.1 Å². The first-order valence-corrected chi connectivity index (χ1v) is 7.99. The van der Waals surface area contributed by atoms with Crippen molar-refractivity contribution in [2.24, 2.45) is 0 Å². The van der Waals surface area contributed by atoms with Gasteiger partial charge in [-0.25, -0.2) is 4.98 Å². The van der Waals surface area contributed by atoms with Crippen LogP contribution in [-0.4, -0.2) is 14.9 Å². The summed E-state index contributed by atoms with van der Waals surface area (Å²) in [4.78, 5) is 17.8. The molecule has 0 bridgehead atoms. The van der Waals surface area contributed by atoms with Gasteiger partial charge in [0.2, 0.25) is 5.95 Å². The number of rotatable bonds is 5. The van der Waals surface area contributed by atoms with Gasteiger partial charge in [0.15, 0.2) is 0 Å². The molecule has 11 heteroatoms. The van der Waals surface area contributed by atoms with Gasteiger partial charge in [-0.2, -0.15) is 23.4 Å². The highest BCUT2D eigenvalue weighted by Crippen LogP contribution is 2.35. The van der Waals surface area contributed by atoms with Crippen LogP contribution in [0.4, 0.5) is 42.0 Å². The highest BCUT2D eigenvalue weighted by atomic mass is 19.4. The number of non-ortho nitro benzene ring substituents is 1. The van der Waals surface area contributed by atoms with Crippen molar-refractivity contribution in [3.05, 3.63) is 76.0 Å². The zero-order chi connectivity index (χ0) is 21.0. The van der Waals surface area contributed by atoms with Crippen LogP contribution in [0.1, 0.15) is 11.1 Å². The molecule has 3 rings (SSSR count). The van der Waals surface area contributed by atoms with E-state index in [9.17, 15) is 23.3 Å². The van der Waals surface area contributed by atoms with E-state index in [0.717, 1.165) is 6.07 Å². The molecule has 146 valence electrons. The molecule has 8 nitrogen and oxygen atoms in total. The minimum Gasteiger partial charge on any atom is -0.339 e. The average molecular weight is 400 g/mol. The first-order valence-electron chi connectivity index (χ1n) is 7.99. The van der Waals surface area contributed by atoms with E-state index >= 15 is 0 Å². The van der Waals surface area contributed by atoms with Crippen LogP contribution in [0, 0.1) is 21.4 Å². The first-order chi connectivity index (χ1) is 13.8. The summed E-state index contributed by atoms with van der Waals surface area (Å²) >= 11 is 0. The molecule has 0 fully saturated rings. The molecule has 0 saturated heterocycles. The number of nitro groups is 1. The number of hydrogen-bond donors (Lipinski definition) is 2. The Labute approximate surface area is 161 Å². The maximum Gasteiger partial charge on any atom is 0.421 e. The van der Waals surface area contributed by atoms with Gasteiger partial charge in [-0.05, 0) is 30.3 Å². The minimum atomic E-state index is -4.74. The predicted molar refractivity (Wildman–Crippen MR) is 97.9 cm³/mol. The Hall–Kier alpha value is -4.20. The standard InChI is InChI=1S/C18H11F3N6O2/c19-18(20,21)15-10-23-17(25-12-6-4-11(9-22)5-7-12)26-16(15)24-13-2-1-3-14(8-13)27(28)29/h1-8,10H,(H2,23,24,25,26). The fourth-order valence-electron chi connectivity index (χ4n) is 2.34. The Kier molecular flexibility index (Phi) is 5.27. The second-order valence-corrected chi connectivity index (χ2v) is 5.70. The molecule has 0 aliphatic carbocycles. The molecule has 1 aromatic heterocycles. The van der Waals surface area contributed by atoms with Crippen molar-refractivity contribution in [2.75, 3.05) is 10.6 Å². The smallest absolute Gasteiger partial charge is 0.339 e. The molecule has 0 amide bonds. The largest absolute Gasteiger partial charge is 0.421 e. The average Bonchev–Trinajstić information content (AvgIpc) is 2.68. The SMILES string of the molecule is N#Cc1ccc(Nc2ncc(C(F)(F)F)c(Nc3cccc([N+](=O)[O-])c3)n2)cc1. The maximum atomic E-state index is 13.3. The Morgan fingerprint density at radius 1 is 1.07 bits per heavy atom. The summed E-state index contributed by atoms with van der Waals surface area (Å²) < 4.78 is 40.0. The van der Waals surface area contributed by atoms with E-state index in [1.807, 2.05) is 6.07 Å². The molecule has 0 aliphatic rings. The Morgan fingerprint density at radius 2 is 1.79 bits per heavy atom. The number of hydrogen-bond acceptors (Lipinski definition) is 7. The summed E-state index contributed by atoms with van der Waals surface area (Å²) in [6.07, 6.45) is -4.13. The molecule has 0 spiro atoms. The summed E-state index contributed by atoms with van der Waals surface area (Å²) in [5.41, 5.74) is -0.474. The van der Waals surface area contributed by atoms with Gasteiger partial charge in [-0.1, -0.05) is 6.07 Å². The second-order valence-electron chi connectivity index (χ2n) is 5.70. The number of aromatic nitrogens is 2. The predicted octanol–water partition coefficient (Wildman–Crippen LogP) is 4.76. The van der Waals surface area contributed by atoms with E-state index in [0.29, 0.717) is 17.4 Å². The van der Waals surface area contributed by atoms with E-state index in [4.69, 9.17) is 5.26 Å². The number of halogens is 3. The van der Waals surface area contributed by atoms with Crippen molar-refractivity contribution in [3.8, 4) is 6.07 Å². The number of nitriles is 1. The van der Waals surface area contributed by atoms with Gasteiger partial charge in [0.25, 0.3) is 5.69 Å². The molecule has 2 aromatic carbocycles. The van der Waals surface area contributed by atoms with E-state index in [1.165, 1.54) is 30.3 Å². The highest BCUT2D eigenvalue weighted by molar-refractivity contribution is 5.64. The lowest BCUT2D eigenvalue weighted by Crippen LogP contribution is -2.12. The lowest BCUT2D eigenvalue weighted by Gasteiger charge is -2.15. The van der Waals surface area contributed by atoms with Crippen LogP contribution in [0.3, 0.4) is 0 Å². The van der Waals surface area contributed by atoms with Gasteiger partial charge in [0.05, 0.1) is 16.6 Å². The molecular weight excluding hydrogens is 389 g/mol. The van der Waals surface area contributed by atoms with Crippen molar-refractivity contribution in [1.29, 1.82) is 5.26 Å². The van der Waals surface area contributed by atoms with Gasteiger partial charge in [-0.15, -0.1) is 0 Å². The van der Waals surface area contributed by atoms with Crippen LogP contribution in [-0.2, 0) is 6.18 Å². The molecule has 0 atom stereocenters. The molecule has 0 aliphatic heterocycles. The van der Waals surface area contributed by atoms with Crippen LogP contribution in [0.15, 0.2) is 54.7 Å². The monoisotopic (exact) mass is 400 g/mol. The number of nitrogens with zero attached hydrogens (tertiary/aromatic N) is 4. The second kappa shape index (κ2) is 7.81. The Morgan fingerprint density at radius 3 is 2.41 bits per heavy atom. The van der Waals surface area contributed by atoms with Gasteiger partial charge in [0, 0.05) is 29.7 Å². The maximum absolute atomic E-state index is 13.3. The van der Waals surface area contributed by atoms with Gasteiger partial charge in [-0.3, -0.25) is 10.1 Å². The van der Waals surface area contributed by atoms with Crippen molar-refractivity contribution in [2.45, 2.75) is 6.18 Å². The summed E-state index contributed by atoms with van der Waals surface area (Å²) in [7, 11) is 0. The molecule has 0 saturated carbocycles. The van der Waals surface area contributed by atoms with Crippen molar-refractivity contribution < 1.29 is 18.1 Å². The number of nitrogens with one attached hydrogen (secondary N) is 2. The quantitative estimate of drug-likeness (QED) is 0.468. The molecule has 0 radical (unpaired) electrons. The zero-order valence-electron chi connectivity index (χ0n) is 14.4. The molecule has 0 unspecified atom stereocenters. The summed E-state index contributed by atoms with van der Waals surface area (Å²) in [6, 6.07) is 13.1. The third-order valence-electron chi connectivity index (χ3n) is 3.68. The lowest BCUT2D eigenvalue weighted by atomic mass is 10.2. The van der Waals surface area contributed by atoms with Crippen LogP contribution in [0.5, 0.6) is 0 Å². The molecular formula is C18H11F3N6O2. The molecule has 3 aromatic rings. The number of alkyl halides is 3. The van der Waals surface area contributed by atoms with Crippen molar-refractivity contribution in [3.63, 3.8) is 0 Å². The summed E-state index contributed by atoms with van der Waals surface area (Å²) in [6.45, 7) is 0. The Balaban J connectivity index is 1.94. The fraction of sp³-hybridized carbons (Fsp3) is 0.0556. The van der Waals surface area contributed by atoms with Crippen molar-refractivity contribution in [1.82, 2.24) is 9.97 Å². The van der Waals surface area contributed by atoms with Gasteiger partial charge >= 0.3 is 6.18 Å². The van der Waals surface area contributed by atoms with Crippen LogP contribution in [0.2, 0.25) is 0 Å². The van der Waals surface area contributed by atoms with Crippen LogP contribution >= 0.6 is 0 Å². The molecule has 29 heavy (non-hydrogen) atoms. The fourth-order valence-corrected chi connectivity index (χ4v) is 2.34. The summed E-state index contributed by atoms with van der Waals surface area (Å²) in [5, 5.41) is 24.9. The third kappa shape index (κ3) is 4.75. The lowest BCUT2D eigenvalue weighted by molar-refractivity contribution is -0.384. The van der Waals surface area contributed by atoms with Gasteiger partial charge in [0.1, 0.15) is 11.4 Å². The molecule has 1 heterocycles. The molecule has 2 N–H and O–H groups in total. The van der Waals surface area contributed by atoms with Crippen molar-refractivity contribution >= 4 is 28.8 Å². The first kappa shape index (κ1) is 19.6. The highest BCUT2D eigenvalue weighted by Gasteiger charge is 2.35. The van der Waals surface area contributed by atoms with Gasteiger partial charge < -0.3 is 10.6 Å². The normalized spacial score (nSPS) is 10.8. The summed E-state index contributed by atoms with van der Waals surface area (Å²) in [5.74, 6) is -0.695. The minimum absolute atomic E-state index is 0.0627. The third-order valence-corrected chi connectivity index (χ3v) is 3.68. The number of anilines is 4. The Bertz CT molecular complexity index is 1090.